The van der Waals surface area contributed by atoms with Crippen molar-refractivity contribution in [3.8, 4) is 21.9 Å². The van der Waals surface area contributed by atoms with E-state index in [4.69, 9.17) is 17.0 Å². The minimum atomic E-state index is -0.586. The molecule has 3 aromatic heterocycles. The topological polar surface area (TPSA) is 89.0 Å². The largest absolute Gasteiger partial charge is 0.453 e. The average Bonchev–Trinajstić information content (AvgIpc) is 3.32. The van der Waals surface area contributed by atoms with Crippen LogP contribution in [0.3, 0.4) is 0 Å². The van der Waals surface area contributed by atoms with Crippen molar-refractivity contribution in [3.63, 3.8) is 0 Å². The van der Waals surface area contributed by atoms with Crippen LogP contribution in [0.15, 0.2) is 85.6 Å². The summed E-state index contributed by atoms with van der Waals surface area (Å²) in [5, 5.41) is 5.51. The van der Waals surface area contributed by atoms with E-state index in [1.54, 1.807) is 30.7 Å². The summed E-state index contributed by atoms with van der Waals surface area (Å²) in [7, 11) is 0. The summed E-state index contributed by atoms with van der Waals surface area (Å²) in [6.45, 7) is 0. The van der Waals surface area contributed by atoms with E-state index in [1.807, 2.05) is 36.4 Å². The van der Waals surface area contributed by atoms with Gasteiger partial charge < -0.3 is 15.4 Å². The third kappa shape index (κ3) is 5.51. The number of hydrogen-bond donors (Lipinski definition) is 2. The Bertz CT molecular complexity index is 1540. The van der Waals surface area contributed by atoms with Crippen molar-refractivity contribution in [2.75, 3.05) is 5.32 Å². The molecular weight excluding hydrogens is 497 g/mol. The van der Waals surface area contributed by atoms with Gasteiger partial charge in [0.1, 0.15) is 12.1 Å². The molecule has 0 saturated carbocycles. The zero-order chi connectivity index (χ0) is 24.9. The molecule has 0 aliphatic rings. The molecule has 5 aromatic rings. The summed E-state index contributed by atoms with van der Waals surface area (Å²) >= 11 is 6.65. The number of fused-ring (bicyclic) bond motifs is 1. The molecule has 1 amide bonds. The summed E-state index contributed by atoms with van der Waals surface area (Å²) in [4.78, 5) is 25.6. The number of anilines is 1. The highest BCUT2D eigenvalue weighted by molar-refractivity contribution is 7.80. The van der Waals surface area contributed by atoms with E-state index in [2.05, 4.69) is 25.6 Å². The standard InChI is InChI=1S/C26H18FN5O2S2/c27-19-11-18(31-26(35)32-24(33)10-16-4-2-1-3-5-16)6-7-21(19)34-22-8-9-30-20-12-23(36-25(20)22)17-13-28-15-29-14-17/h1-9,11-15H,10H2,(H2,31,32,33,35). The Balaban J connectivity index is 1.27. The van der Waals surface area contributed by atoms with Gasteiger partial charge >= 0.3 is 0 Å². The fourth-order valence-electron chi connectivity index (χ4n) is 3.46. The predicted octanol–water partition coefficient (Wildman–Crippen LogP) is 5.74. The van der Waals surface area contributed by atoms with Crippen molar-refractivity contribution in [2.24, 2.45) is 0 Å². The molecule has 2 aromatic carbocycles. The maximum Gasteiger partial charge on any atom is 0.230 e. The van der Waals surface area contributed by atoms with E-state index in [0.717, 1.165) is 26.2 Å². The second-order valence-electron chi connectivity index (χ2n) is 7.67. The normalized spacial score (nSPS) is 10.7. The highest BCUT2D eigenvalue weighted by Crippen LogP contribution is 2.39. The lowest BCUT2D eigenvalue weighted by Gasteiger charge is -2.12. The van der Waals surface area contributed by atoms with Gasteiger partial charge in [0.05, 0.1) is 16.6 Å². The van der Waals surface area contributed by atoms with Crippen LogP contribution >= 0.6 is 23.6 Å². The van der Waals surface area contributed by atoms with Crippen LogP contribution in [0.25, 0.3) is 20.7 Å². The summed E-state index contributed by atoms with van der Waals surface area (Å²) in [5.74, 6) is -0.323. The van der Waals surface area contributed by atoms with Crippen molar-refractivity contribution < 1.29 is 13.9 Å². The number of benzene rings is 2. The van der Waals surface area contributed by atoms with Gasteiger partial charge in [-0.15, -0.1) is 11.3 Å². The molecule has 5 rings (SSSR count). The van der Waals surface area contributed by atoms with Crippen LogP contribution in [0.1, 0.15) is 5.56 Å². The lowest BCUT2D eigenvalue weighted by atomic mass is 10.1. The van der Waals surface area contributed by atoms with Gasteiger partial charge in [0.2, 0.25) is 5.91 Å². The van der Waals surface area contributed by atoms with Gasteiger partial charge in [0.15, 0.2) is 16.7 Å². The molecule has 0 radical (unpaired) electrons. The molecule has 0 saturated heterocycles. The molecular formula is C26H18FN5O2S2. The van der Waals surface area contributed by atoms with Crippen LogP contribution in [0.2, 0.25) is 0 Å². The molecule has 0 atom stereocenters. The molecule has 0 unspecified atom stereocenters. The highest BCUT2D eigenvalue weighted by atomic mass is 32.1. The van der Waals surface area contributed by atoms with E-state index in [1.165, 1.54) is 29.8 Å². The second kappa shape index (κ2) is 10.5. The summed E-state index contributed by atoms with van der Waals surface area (Å²) in [5.41, 5.74) is 2.84. The van der Waals surface area contributed by atoms with E-state index < -0.39 is 5.82 Å². The van der Waals surface area contributed by atoms with Gasteiger partial charge in [-0.3, -0.25) is 9.78 Å². The number of carbonyl (C=O) groups excluding carboxylic acids is 1. The lowest BCUT2D eigenvalue weighted by Crippen LogP contribution is -2.35. The monoisotopic (exact) mass is 515 g/mol. The number of halogens is 1. The molecule has 0 fully saturated rings. The number of ether oxygens (including phenoxy) is 1. The number of nitrogens with one attached hydrogen (secondary N) is 2. The third-order valence-electron chi connectivity index (χ3n) is 5.09. The Labute approximate surface area is 215 Å². The van der Waals surface area contributed by atoms with Crippen LogP contribution in [-0.4, -0.2) is 26.0 Å². The van der Waals surface area contributed by atoms with Gasteiger partial charge in [-0.25, -0.2) is 14.4 Å². The Morgan fingerprint density at radius 1 is 1.03 bits per heavy atom. The van der Waals surface area contributed by atoms with E-state index in [0.29, 0.717) is 11.4 Å². The van der Waals surface area contributed by atoms with Crippen LogP contribution in [0.5, 0.6) is 11.5 Å². The Hall–Kier alpha value is -4.28. The average molecular weight is 516 g/mol. The maximum absolute atomic E-state index is 14.9. The number of thiophene rings is 1. The van der Waals surface area contributed by atoms with E-state index >= 15 is 0 Å². The van der Waals surface area contributed by atoms with Crippen LogP contribution in [0.4, 0.5) is 10.1 Å². The maximum atomic E-state index is 14.9. The first-order valence-electron chi connectivity index (χ1n) is 10.8. The Kier molecular flexibility index (Phi) is 6.87. The van der Waals surface area contributed by atoms with Gasteiger partial charge in [0.25, 0.3) is 0 Å². The quantitative estimate of drug-likeness (QED) is 0.279. The smallest absolute Gasteiger partial charge is 0.230 e. The first kappa shape index (κ1) is 23.5. The van der Waals surface area contributed by atoms with Gasteiger partial charge in [0, 0.05) is 46.9 Å². The second-order valence-corrected chi connectivity index (χ2v) is 9.13. The van der Waals surface area contributed by atoms with Crippen molar-refractivity contribution in [1.82, 2.24) is 20.3 Å². The lowest BCUT2D eigenvalue weighted by molar-refractivity contribution is -0.119. The molecule has 10 heteroatoms. The van der Waals surface area contributed by atoms with E-state index in [-0.39, 0.29) is 23.2 Å². The minimum absolute atomic E-state index is 0.0464. The molecule has 7 nitrogen and oxygen atoms in total. The third-order valence-corrected chi connectivity index (χ3v) is 6.48. The molecule has 0 aliphatic heterocycles. The van der Waals surface area contributed by atoms with Crippen molar-refractivity contribution in [3.05, 3.63) is 97.0 Å². The SMILES string of the molecule is O=C(Cc1ccccc1)NC(=S)Nc1ccc(Oc2ccnc3cc(-c4cncnc4)sc23)c(F)c1. The van der Waals surface area contributed by atoms with Gasteiger partial charge in [-0.1, -0.05) is 30.3 Å². The molecule has 3 heterocycles. The fourth-order valence-corrected chi connectivity index (χ4v) is 4.73. The predicted molar refractivity (Wildman–Crippen MR) is 142 cm³/mol. The van der Waals surface area contributed by atoms with E-state index in [9.17, 15) is 9.18 Å². The van der Waals surface area contributed by atoms with Crippen molar-refractivity contribution >= 4 is 50.5 Å². The summed E-state index contributed by atoms with van der Waals surface area (Å²) in [6, 6.07) is 17.3. The molecule has 0 spiro atoms. The van der Waals surface area contributed by atoms with Crippen LogP contribution in [-0.2, 0) is 11.2 Å². The number of amides is 1. The highest BCUT2D eigenvalue weighted by Gasteiger charge is 2.14. The van der Waals surface area contributed by atoms with Crippen LogP contribution < -0.4 is 15.4 Å². The van der Waals surface area contributed by atoms with Crippen molar-refractivity contribution in [2.45, 2.75) is 6.42 Å². The first-order chi connectivity index (χ1) is 17.5. The number of thiocarbonyl (C=S) groups is 1. The van der Waals surface area contributed by atoms with Crippen LogP contribution in [0, 0.1) is 5.82 Å². The Morgan fingerprint density at radius 3 is 2.61 bits per heavy atom. The molecule has 36 heavy (non-hydrogen) atoms. The minimum Gasteiger partial charge on any atom is -0.453 e. The number of rotatable bonds is 6. The zero-order valence-corrected chi connectivity index (χ0v) is 20.3. The Morgan fingerprint density at radius 2 is 1.83 bits per heavy atom. The molecule has 2 N–H and O–H groups in total. The number of hydrogen-bond acceptors (Lipinski definition) is 7. The number of aromatic nitrogens is 3. The van der Waals surface area contributed by atoms with Gasteiger partial charge in [-0.2, -0.15) is 0 Å². The first-order valence-corrected chi connectivity index (χ1v) is 12.0. The molecule has 0 aliphatic carbocycles. The molecule has 0 bridgehead atoms. The molecule has 178 valence electrons. The zero-order valence-electron chi connectivity index (χ0n) is 18.6. The summed E-state index contributed by atoms with van der Waals surface area (Å²) < 4.78 is 21.6. The van der Waals surface area contributed by atoms with Crippen molar-refractivity contribution in [1.29, 1.82) is 0 Å². The fraction of sp³-hybridized carbons (Fsp3) is 0.0385. The summed E-state index contributed by atoms with van der Waals surface area (Å²) in [6.07, 6.45) is 6.71. The number of carbonyl (C=O) groups is 1. The van der Waals surface area contributed by atoms with Gasteiger partial charge in [-0.05, 0) is 36.0 Å². The number of pyridine rings is 1. The number of nitrogens with zero attached hydrogens (tertiary/aromatic N) is 3.